The first-order valence-electron chi connectivity index (χ1n) is 6.52. The zero-order valence-corrected chi connectivity index (χ0v) is 13.4. The Kier molecular flexibility index (Phi) is 4.96. The molecule has 0 radical (unpaired) electrons. The number of rotatable bonds is 4. The average molecular weight is 351 g/mol. The number of hydrogen-bond acceptors (Lipinski definition) is 2. The van der Waals surface area contributed by atoms with Gasteiger partial charge in [0.05, 0.1) is 6.54 Å². The minimum atomic E-state index is -0.329. The number of carbonyl (C=O) groups excluding carboxylic acids is 1. The summed E-state index contributed by atoms with van der Waals surface area (Å²) in [6.07, 6.45) is 0. The minimum absolute atomic E-state index is 0.122. The molecule has 0 aliphatic heterocycles. The highest BCUT2D eigenvalue weighted by atomic mass is 79.9. The van der Waals surface area contributed by atoms with Crippen LogP contribution < -0.4 is 10.6 Å². The fourth-order valence-electron chi connectivity index (χ4n) is 1.81. The van der Waals surface area contributed by atoms with Gasteiger partial charge < -0.3 is 10.6 Å². The topological polar surface area (TPSA) is 41.1 Å². The summed E-state index contributed by atoms with van der Waals surface area (Å²) in [4.78, 5) is 11.8. The standard InChI is InChI=1S/C16H16BrFN2O/c1-10-3-4-13(8-15(10)18)20-16(21)9-19-12-5-6-14(17)11(2)7-12/h3-8,19H,9H2,1-2H3,(H,20,21). The quantitative estimate of drug-likeness (QED) is 0.864. The van der Waals surface area contributed by atoms with Crippen LogP contribution >= 0.6 is 15.9 Å². The van der Waals surface area contributed by atoms with Crippen molar-refractivity contribution in [1.29, 1.82) is 0 Å². The molecule has 0 aliphatic carbocycles. The van der Waals surface area contributed by atoms with Crippen LogP contribution in [0.2, 0.25) is 0 Å². The Hall–Kier alpha value is -1.88. The SMILES string of the molecule is Cc1ccc(NC(=O)CNc2ccc(Br)c(C)c2)cc1F. The Morgan fingerprint density at radius 2 is 1.81 bits per heavy atom. The van der Waals surface area contributed by atoms with Crippen LogP contribution in [0.4, 0.5) is 15.8 Å². The number of anilines is 2. The second-order valence-electron chi connectivity index (χ2n) is 4.83. The van der Waals surface area contributed by atoms with Gasteiger partial charge in [0.2, 0.25) is 5.91 Å². The number of aryl methyl sites for hydroxylation is 2. The Labute approximate surface area is 131 Å². The van der Waals surface area contributed by atoms with Gasteiger partial charge in [-0.05, 0) is 55.3 Å². The van der Waals surface area contributed by atoms with E-state index in [0.29, 0.717) is 11.3 Å². The fraction of sp³-hybridized carbons (Fsp3) is 0.188. The summed E-state index contributed by atoms with van der Waals surface area (Å²) >= 11 is 3.42. The summed E-state index contributed by atoms with van der Waals surface area (Å²) in [6, 6.07) is 10.4. The highest BCUT2D eigenvalue weighted by Gasteiger charge is 2.05. The van der Waals surface area contributed by atoms with Crippen LogP contribution in [0.1, 0.15) is 11.1 Å². The number of halogens is 2. The molecule has 0 heterocycles. The summed E-state index contributed by atoms with van der Waals surface area (Å²) in [5, 5.41) is 5.69. The van der Waals surface area contributed by atoms with E-state index in [0.717, 1.165) is 15.7 Å². The third-order valence-electron chi connectivity index (χ3n) is 3.07. The lowest BCUT2D eigenvalue weighted by molar-refractivity contribution is -0.114. The van der Waals surface area contributed by atoms with Gasteiger partial charge in [-0.1, -0.05) is 22.0 Å². The number of hydrogen-bond donors (Lipinski definition) is 2. The van der Waals surface area contributed by atoms with Crippen molar-refractivity contribution in [3.05, 3.63) is 57.8 Å². The monoisotopic (exact) mass is 350 g/mol. The minimum Gasteiger partial charge on any atom is -0.376 e. The zero-order valence-electron chi connectivity index (χ0n) is 11.8. The van der Waals surface area contributed by atoms with Crippen molar-refractivity contribution in [3.8, 4) is 0 Å². The van der Waals surface area contributed by atoms with Crippen molar-refractivity contribution in [1.82, 2.24) is 0 Å². The first-order chi connectivity index (χ1) is 9.95. The molecule has 5 heteroatoms. The van der Waals surface area contributed by atoms with E-state index >= 15 is 0 Å². The second kappa shape index (κ2) is 6.72. The van der Waals surface area contributed by atoms with Gasteiger partial charge in [-0.25, -0.2) is 4.39 Å². The molecule has 2 aromatic rings. The maximum absolute atomic E-state index is 13.4. The summed E-state index contributed by atoms with van der Waals surface area (Å²) in [5.74, 6) is -0.553. The molecule has 110 valence electrons. The van der Waals surface area contributed by atoms with Gasteiger partial charge in [0, 0.05) is 15.8 Å². The first-order valence-corrected chi connectivity index (χ1v) is 7.31. The van der Waals surface area contributed by atoms with E-state index in [1.807, 2.05) is 25.1 Å². The van der Waals surface area contributed by atoms with E-state index in [9.17, 15) is 9.18 Å². The molecular formula is C16H16BrFN2O. The molecule has 2 N–H and O–H groups in total. The molecule has 0 bridgehead atoms. The molecule has 0 aromatic heterocycles. The largest absolute Gasteiger partial charge is 0.376 e. The molecular weight excluding hydrogens is 335 g/mol. The van der Waals surface area contributed by atoms with E-state index in [1.54, 1.807) is 19.1 Å². The molecule has 0 saturated carbocycles. The van der Waals surface area contributed by atoms with E-state index in [2.05, 4.69) is 26.6 Å². The van der Waals surface area contributed by atoms with Gasteiger partial charge in [0.15, 0.2) is 0 Å². The third-order valence-corrected chi connectivity index (χ3v) is 3.96. The maximum atomic E-state index is 13.4. The predicted molar refractivity (Wildman–Crippen MR) is 87.1 cm³/mol. The Morgan fingerprint density at radius 1 is 1.10 bits per heavy atom. The van der Waals surface area contributed by atoms with Crippen molar-refractivity contribution in [2.24, 2.45) is 0 Å². The van der Waals surface area contributed by atoms with Gasteiger partial charge >= 0.3 is 0 Å². The van der Waals surface area contributed by atoms with Crippen LogP contribution in [0.3, 0.4) is 0 Å². The van der Waals surface area contributed by atoms with Gasteiger partial charge in [0.25, 0.3) is 0 Å². The summed E-state index contributed by atoms with van der Waals surface area (Å²) < 4.78 is 14.4. The van der Waals surface area contributed by atoms with Gasteiger partial charge in [-0.3, -0.25) is 4.79 Å². The predicted octanol–water partition coefficient (Wildman–Crippen LogP) is 4.26. The van der Waals surface area contributed by atoms with E-state index in [1.165, 1.54) is 6.07 Å². The number of nitrogens with one attached hydrogen (secondary N) is 2. The van der Waals surface area contributed by atoms with Crippen molar-refractivity contribution in [2.45, 2.75) is 13.8 Å². The highest BCUT2D eigenvalue weighted by Crippen LogP contribution is 2.20. The fourth-order valence-corrected chi connectivity index (χ4v) is 2.06. The normalized spacial score (nSPS) is 10.3. The van der Waals surface area contributed by atoms with Crippen molar-refractivity contribution >= 4 is 33.2 Å². The molecule has 2 aromatic carbocycles. The molecule has 0 unspecified atom stereocenters. The third kappa shape index (κ3) is 4.29. The lowest BCUT2D eigenvalue weighted by atomic mass is 10.2. The van der Waals surface area contributed by atoms with Crippen LogP contribution in [0.25, 0.3) is 0 Å². The second-order valence-corrected chi connectivity index (χ2v) is 5.68. The molecule has 2 rings (SSSR count). The highest BCUT2D eigenvalue weighted by molar-refractivity contribution is 9.10. The molecule has 0 atom stereocenters. The number of carbonyl (C=O) groups is 1. The summed E-state index contributed by atoms with van der Waals surface area (Å²) in [5.41, 5.74) is 2.95. The van der Waals surface area contributed by atoms with E-state index in [4.69, 9.17) is 0 Å². The molecule has 0 aliphatic rings. The summed E-state index contributed by atoms with van der Waals surface area (Å²) in [7, 11) is 0. The van der Waals surface area contributed by atoms with Crippen LogP contribution in [0.5, 0.6) is 0 Å². The lowest BCUT2D eigenvalue weighted by Gasteiger charge is -2.09. The number of amides is 1. The Balaban J connectivity index is 1.92. The Morgan fingerprint density at radius 3 is 2.48 bits per heavy atom. The molecule has 0 spiro atoms. The zero-order chi connectivity index (χ0) is 15.4. The molecule has 3 nitrogen and oxygen atoms in total. The van der Waals surface area contributed by atoms with Crippen molar-refractivity contribution < 1.29 is 9.18 Å². The lowest BCUT2D eigenvalue weighted by Crippen LogP contribution is -2.21. The van der Waals surface area contributed by atoms with Crippen LogP contribution in [-0.2, 0) is 4.79 Å². The average Bonchev–Trinajstić information content (AvgIpc) is 2.44. The summed E-state index contributed by atoms with van der Waals surface area (Å²) in [6.45, 7) is 3.78. The van der Waals surface area contributed by atoms with Gasteiger partial charge in [-0.15, -0.1) is 0 Å². The van der Waals surface area contributed by atoms with Gasteiger partial charge in [0.1, 0.15) is 5.82 Å². The molecule has 1 amide bonds. The first kappa shape index (κ1) is 15.5. The molecule has 0 fully saturated rings. The smallest absolute Gasteiger partial charge is 0.243 e. The van der Waals surface area contributed by atoms with Crippen LogP contribution in [-0.4, -0.2) is 12.5 Å². The van der Waals surface area contributed by atoms with E-state index < -0.39 is 0 Å². The maximum Gasteiger partial charge on any atom is 0.243 e. The molecule has 21 heavy (non-hydrogen) atoms. The van der Waals surface area contributed by atoms with E-state index in [-0.39, 0.29) is 18.3 Å². The van der Waals surface area contributed by atoms with Gasteiger partial charge in [-0.2, -0.15) is 0 Å². The molecule has 0 saturated heterocycles. The van der Waals surface area contributed by atoms with Crippen LogP contribution in [0.15, 0.2) is 40.9 Å². The van der Waals surface area contributed by atoms with Crippen molar-refractivity contribution in [3.63, 3.8) is 0 Å². The van der Waals surface area contributed by atoms with Crippen LogP contribution in [0, 0.1) is 19.7 Å². The van der Waals surface area contributed by atoms with Crippen molar-refractivity contribution in [2.75, 3.05) is 17.2 Å². The Bertz CT molecular complexity index is 673. The number of benzene rings is 2.